The molecule has 2 saturated heterocycles. The SMILES string of the molecule is Nc1ncnc2c1ncn2[C@@H]1O[C@H](CO)C(O)C1OCP(=O)(O)OC[C@H]1O[C@@H](n2cnc3c(N)ncnc32)C(OC[P+](=O)O)C1O. The largest absolute Gasteiger partial charge is 0.534 e. The molecule has 2 aliphatic rings. The normalized spacial score (nSPS) is 29.9. The summed E-state index contributed by atoms with van der Waals surface area (Å²) in [5.74, 6) is 0.157. The Balaban J connectivity index is 1.15. The number of nitrogen functional groups attached to an aromatic ring is 2. The topological polar surface area (TPSA) is 321 Å². The third-order valence-corrected chi connectivity index (χ3v) is 8.77. The summed E-state index contributed by atoms with van der Waals surface area (Å²) in [6, 6.07) is 0. The van der Waals surface area contributed by atoms with E-state index in [1.54, 1.807) is 0 Å². The highest BCUT2D eigenvalue weighted by molar-refractivity contribution is 7.52. The highest BCUT2D eigenvalue weighted by Crippen LogP contribution is 2.46. The van der Waals surface area contributed by atoms with Crippen LogP contribution in [0.5, 0.6) is 0 Å². The Labute approximate surface area is 258 Å². The van der Waals surface area contributed by atoms with Crippen LogP contribution < -0.4 is 11.5 Å². The fourth-order valence-corrected chi connectivity index (χ4v) is 6.32. The van der Waals surface area contributed by atoms with E-state index in [4.69, 9.17) is 34.9 Å². The first kappa shape index (κ1) is 32.6. The zero-order chi connectivity index (χ0) is 32.7. The lowest BCUT2D eigenvalue weighted by molar-refractivity contribution is -0.0675. The van der Waals surface area contributed by atoms with E-state index in [1.807, 2.05) is 0 Å². The van der Waals surface area contributed by atoms with E-state index in [0.29, 0.717) is 0 Å². The predicted molar refractivity (Wildman–Crippen MR) is 151 cm³/mol. The minimum atomic E-state index is -4.61. The molecular weight excluding hydrogens is 658 g/mol. The summed E-state index contributed by atoms with van der Waals surface area (Å²) in [7, 11) is -7.36. The van der Waals surface area contributed by atoms with Crippen molar-refractivity contribution in [3.63, 3.8) is 0 Å². The first-order chi connectivity index (χ1) is 22.0. The Morgan fingerprint density at radius 2 is 1.39 bits per heavy atom. The second-order valence-corrected chi connectivity index (χ2v) is 13.0. The monoisotopic (exact) mass is 687 g/mol. The lowest BCUT2D eigenvalue weighted by atomic mass is 10.1. The number of hydrogen-bond acceptors (Lipinski definition) is 18. The van der Waals surface area contributed by atoms with Gasteiger partial charge >= 0.3 is 15.6 Å². The van der Waals surface area contributed by atoms with Crippen molar-refractivity contribution >= 4 is 49.6 Å². The molecule has 0 amide bonds. The van der Waals surface area contributed by atoms with E-state index < -0.39 is 90.6 Å². The molecule has 0 aromatic carbocycles. The second-order valence-electron chi connectivity index (χ2n) is 10.3. The Kier molecular flexibility index (Phi) is 9.22. The van der Waals surface area contributed by atoms with Gasteiger partial charge in [-0.05, 0) is 4.57 Å². The zero-order valence-corrected chi connectivity index (χ0v) is 25.3. The van der Waals surface area contributed by atoms with Crippen LogP contribution in [-0.2, 0) is 32.6 Å². The van der Waals surface area contributed by atoms with Gasteiger partial charge in [0, 0.05) is 0 Å². The lowest BCUT2D eigenvalue weighted by Gasteiger charge is -2.24. The Morgan fingerprint density at radius 3 is 1.93 bits per heavy atom. The maximum atomic E-state index is 13.1. The number of rotatable bonds is 12. The molecule has 6 unspecified atom stereocenters. The average Bonchev–Trinajstić information content (AvgIpc) is 3.78. The highest BCUT2D eigenvalue weighted by atomic mass is 31.2. The third-order valence-electron chi connectivity index (χ3n) is 7.38. The minimum absolute atomic E-state index is 0.0725. The van der Waals surface area contributed by atoms with Crippen molar-refractivity contribution in [1.29, 1.82) is 0 Å². The van der Waals surface area contributed by atoms with E-state index >= 15 is 0 Å². The Bertz CT molecular complexity index is 1780. The number of aliphatic hydroxyl groups excluding tert-OH is 3. The van der Waals surface area contributed by atoms with Crippen LogP contribution in [0.2, 0.25) is 0 Å². The summed E-state index contributed by atoms with van der Waals surface area (Å²) in [6.45, 7) is -1.25. The minimum Gasteiger partial charge on any atom is -0.394 e. The van der Waals surface area contributed by atoms with Crippen LogP contribution >= 0.6 is 15.6 Å². The molecule has 10 atom stereocenters. The van der Waals surface area contributed by atoms with Gasteiger partial charge in [-0.25, -0.2) is 29.9 Å². The molecule has 22 nitrogen and oxygen atoms in total. The molecule has 24 heteroatoms. The summed E-state index contributed by atoms with van der Waals surface area (Å²) in [6.07, 6.45) is -6.83. The first-order valence-corrected chi connectivity index (χ1v) is 16.6. The number of nitrogens with two attached hydrogens (primary N) is 2. The number of nitrogens with zero attached hydrogens (tertiary/aromatic N) is 8. The van der Waals surface area contributed by atoms with Crippen LogP contribution in [0.1, 0.15) is 12.5 Å². The highest BCUT2D eigenvalue weighted by Gasteiger charge is 2.49. The molecule has 46 heavy (non-hydrogen) atoms. The van der Waals surface area contributed by atoms with E-state index in [9.17, 15) is 34.2 Å². The maximum Gasteiger partial charge on any atom is 0.534 e. The maximum absolute atomic E-state index is 13.1. The first-order valence-electron chi connectivity index (χ1n) is 13.5. The standard InChI is InChI=1S/C22H28N10O12P2/c23-17-11-19(27-3-25-17)31(5-29-11)21-15(40-7-45(36)37)14(35)10(44-21)2-42-46(38,39)8-41-16-13(34)9(1-33)43-22(16)32-6-30-12-18(24)26-4-28-20(12)32/h3-6,9-10,13-16,21-22,33-35H,1-2,7-8H2,(H5-,23,24,25,26,27,28,36,37,38,39)/p+1/t9-,10-,13?,14?,15?,16?,21-,22-/m1/s1. The smallest absolute Gasteiger partial charge is 0.394 e. The molecule has 6 rings (SSSR count). The molecule has 0 spiro atoms. The van der Waals surface area contributed by atoms with Gasteiger partial charge in [-0.15, -0.1) is 0 Å². The van der Waals surface area contributed by atoms with Gasteiger partial charge < -0.3 is 55.2 Å². The van der Waals surface area contributed by atoms with Crippen molar-refractivity contribution in [2.75, 3.05) is 37.4 Å². The fraction of sp³-hybridized carbons (Fsp3) is 0.545. The molecule has 0 bridgehead atoms. The number of ether oxygens (including phenoxy) is 4. The molecule has 4 aromatic heterocycles. The summed E-state index contributed by atoms with van der Waals surface area (Å²) in [5, 5.41) is 31.5. The van der Waals surface area contributed by atoms with Crippen molar-refractivity contribution < 1.29 is 57.7 Å². The molecule has 2 fully saturated rings. The number of fused-ring (bicyclic) bond motifs is 2. The summed E-state index contributed by atoms with van der Waals surface area (Å²) in [4.78, 5) is 44.2. The average molecular weight is 687 g/mol. The van der Waals surface area contributed by atoms with Crippen LogP contribution in [0.3, 0.4) is 0 Å². The van der Waals surface area contributed by atoms with Gasteiger partial charge in [-0.2, -0.15) is 4.89 Å². The third kappa shape index (κ3) is 6.18. The van der Waals surface area contributed by atoms with Crippen molar-refractivity contribution in [1.82, 2.24) is 39.0 Å². The zero-order valence-electron chi connectivity index (χ0n) is 23.5. The fourth-order valence-electron chi connectivity index (χ4n) is 5.20. The molecule has 248 valence electrons. The van der Waals surface area contributed by atoms with Crippen molar-refractivity contribution in [3.8, 4) is 0 Å². The molecule has 2 aliphatic heterocycles. The summed E-state index contributed by atoms with van der Waals surface area (Å²) < 4.78 is 55.1. The van der Waals surface area contributed by atoms with E-state index in [0.717, 1.165) is 0 Å². The van der Waals surface area contributed by atoms with Crippen molar-refractivity contribution in [3.05, 3.63) is 25.3 Å². The number of anilines is 2. The molecular formula is C22H29N10O12P2+. The van der Waals surface area contributed by atoms with Crippen LogP contribution in [0.4, 0.5) is 11.6 Å². The van der Waals surface area contributed by atoms with E-state index in [2.05, 4.69) is 29.9 Å². The van der Waals surface area contributed by atoms with Crippen LogP contribution in [-0.4, -0.2) is 127 Å². The van der Waals surface area contributed by atoms with Gasteiger partial charge in [0.15, 0.2) is 35.4 Å². The van der Waals surface area contributed by atoms with Crippen LogP contribution in [0, 0.1) is 0 Å². The molecule has 6 heterocycles. The number of imidazole rings is 2. The van der Waals surface area contributed by atoms with Gasteiger partial charge in [0.05, 0.1) is 25.9 Å². The molecule has 0 aliphatic carbocycles. The van der Waals surface area contributed by atoms with E-state index in [-0.39, 0.29) is 34.0 Å². The van der Waals surface area contributed by atoms with Gasteiger partial charge in [-0.1, -0.05) is 0 Å². The van der Waals surface area contributed by atoms with Gasteiger partial charge in [0.2, 0.25) is 0 Å². The van der Waals surface area contributed by atoms with E-state index in [1.165, 1.54) is 34.4 Å². The summed E-state index contributed by atoms with van der Waals surface area (Å²) in [5.41, 5.74) is 12.6. The van der Waals surface area contributed by atoms with Crippen LogP contribution in [0.15, 0.2) is 25.3 Å². The van der Waals surface area contributed by atoms with Crippen molar-refractivity contribution in [2.45, 2.75) is 49.1 Å². The Hall–Kier alpha value is -3.37. The second kappa shape index (κ2) is 13.0. The molecule has 0 radical (unpaired) electrons. The number of aromatic nitrogens is 8. The number of aliphatic hydroxyl groups is 3. The molecule has 0 saturated carbocycles. The quantitative estimate of drug-likeness (QED) is 0.0789. The van der Waals surface area contributed by atoms with Gasteiger partial charge in [0.1, 0.15) is 66.7 Å². The summed E-state index contributed by atoms with van der Waals surface area (Å²) >= 11 is 0. The lowest BCUT2D eigenvalue weighted by Crippen LogP contribution is -2.36. The Morgan fingerprint density at radius 1 is 0.870 bits per heavy atom. The van der Waals surface area contributed by atoms with Crippen LogP contribution in [0.25, 0.3) is 22.3 Å². The number of hydrogen-bond donors (Lipinski definition) is 7. The molecule has 4 aromatic rings. The predicted octanol–water partition coefficient (Wildman–Crippen LogP) is -2.04. The van der Waals surface area contributed by atoms with Gasteiger partial charge in [-0.3, -0.25) is 13.7 Å². The van der Waals surface area contributed by atoms with Gasteiger partial charge in [0.25, 0.3) is 6.35 Å². The van der Waals surface area contributed by atoms with Crippen molar-refractivity contribution in [2.24, 2.45) is 0 Å². The molecule has 9 N–H and O–H groups in total.